The van der Waals surface area contributed by atoms with Gasteiger partial charge in [0.25, 0.3) is 0 Å². The Balaban J connectivity index is 2.99. The largest absolute Gasteiger partial charge is 0.456 e. The summed E-state index contributed by atoms with van der Waals surface area (Å²) in [7, 11) is 4.11. The molecule has 0 radical (unpaired) electrons. The number of hydrogen-bond acceptors (Lipinski definition) is 7. The number of ether oxygens (including phenoxy) is 4. The minimum atomic E-state index is -0.636. The molecular weight excluding hydrogens is 614 g/mol. The summed E-state index contributed by atoms with van der Waals surface area (Å²) in [6, 6.07) is 0. The van der Waals surface area contributed by atoms with Crippen molar-refractivity contribution in [3.8, 4) is 0 Å². The molecule has 0 bridgehead atoms. The van der Waals surface area contributed by atoms with E-state index in [1.54, 1.807) is 0 Å². The molecule has 1 fully saturated rings. The molecule has 290 valence electrons. The fraction of sp³-hybridized carbons (Fsp3) is 0.952. The number of nitrogens with zero attached hydrogens (tertiary/aromatic N) is 1. The zero-order valence-corrected chi connectivity index (χ0v) is 33.3. The van der Waals surface area contributed by atoms with Gasteiger partial charge in [-0.3, -0.25) is 9.59 Å². The highest BCUT2D eigenvalue weighted by Gasteiger charge is 2.44. The molecule has 0 aliphatic carbocycles. The van der Waals surface area contributed by atoms with E-state index >= 15 is 0 Å². The van der Waals surface area contributed by atoms with Crippen LogP contribution in [0.1, 0.15) is 188 Å². The second-order valence-corrected chi connectivity index (χ2v) is 15.2. The topological polar surface area (TPSA) is 74.3 Å². The van der Waals surface area contributed by atoms with Gasteiger partial charge in [-0.05, 0) is 52.7 Å². The summed E-state index contributed by atoms with van der Waals surface area (Å²) < 4.78 is 24.8. The smallest absolute Gasteiger partial charge is 0.309 e. The molecule has 1 heterocycles. The van der Waals surface area contributed by atoms with Crippen LogP contribution in [0.3, 0.4) is 0 Å². The molecule has 0 spiro atoms. The van der Waals surface area contributed by atoms with Gasteiger partial charge in [-0.15, -0.1) is 0 Å². The standard InChI is InChI=1S/C42H81NO6/c1-7-11-15-19-21-25-30-36(28-23-17-13-9-3)41(44)48-39-35-47-38(34-46-33-27-32-43(5)6)40(39)49-42(45)37(29-24-18-14-10-4)31-26-22-20-16-12-8-2/h36-40H,7-35H2,1-6H3/t36?,37?,38-,39+,40+/m1/s1. The van der Waals surface area contributed by atoms with Crippen molar-refractivity contribution in [1.29, 1.82) is 0 Å². The molecule has 49 heavy (non-hydrogen) atoms. The number of carbonyl (C=O) groups is 2. The Morgan fingerprint density at radius 1 is 0.592 bits per heavy atom. The molecule has 0 aromatic rings. The number of carbonyl (C=O) groups excluding carboxylic acids is 2. The summed E-state index contributed by atoms with van der Waals surface area (Å²) in [5, 5.41) is 0. The second kappa shape index (κ2) is 31.5. The molecule has 0 N–H and O–H groups in total. The van der Waals surface area contributed by atoms with Gasteiger partial charge in [0, 0.05) is 6.61 Å². The molecule has 7 nitrogen and oxygen atoms in total. The zero-order valence-electron chi connectivity index (χ0n) is 33.3. The highest BCUT2D eigenvalue weighted by molar-refractivity contribution is 5.74. The SMILES string of the molecule is CCCCCCCCC(CCCCCC)C(=O)O[C@@H]1[C@@H](OC(=O)C(CCCCCC)CCCCCCCC)CO[C@@H]1COCCCN(C)C. The quantitative estimate of drug-likeness (QED) is 0.0490. The number of rotatable bonds is 34. The van der Waals surface area contributed by atoms with E-state index in [0.29, 0.717) is 13.2 Å². The third-order valence-electron chi connectivity index (χ3n) is 10.2. The second-order valence-electron chi connectivity index (χ2n) is 15.2. The summed E-state index contributed by atoms with van der Waals surface area (Å²) >= 11 is 0. The van der Waals surface area contributed by atoms with Crippen molar-refractivity contribution in [2.24, 2.45) is 11.8 Å². The van der Waals surface area contributed by atoms with Crippen molar-refractivity contribution < 1.29 is 28.5 Å². The molecule has 1 saturated heterocycles. The third-order valence-corrected chi connectivity index (χ3v) is 10.2. The van der Waals surface area contributed by atoms with Crippen LogP contribution in [0.5, 0.6) is 0 Å². The van der Waals surface area contributed by atoms with Gasteiger partial charge in [-0.2, -0.15) is 0 Å². The first-order valence-corrected chi connectivity index (χ1v) is 21.1. The molecule has 2 unspecified atom stereocenters. The highest BCUT2D eigenvalue weighted by atomic mass is 16.6. The van der Waals surface area contributed by atoms with Crippen LogP contribution in [-0.2, 0) is 28.5 Å². The van der Waals surface area contributed by atoms with Gasteiger partial charge in [-0.25, -0.2) is 0 Å². The van der Waals surface area contributed by atoms with E-state index in [4.69, 9.17) is 18.9 Å². The lowest BCUT2D eigenvalue weighted by Crippen LogP contribution is -2.42. The number of unbranched alkanes of at least 4 members (excludes halogenated alkanes) is 16. The van der Waals surface area contributed by atoms with Crippen LogP contribution in [0.2, 0.25) is 0 Å². The molecule has 0 saturated carbocycles. The Kier molecular flexibility index (Phi) is 29.5. The predicted molar refractivity (Wildman–Crippen MR) is 204 cm³/mol. The van der Waals surface area contributed by atoms with E-state index < -0.39 is 18.3 Å². The van der Waals surface area contributed by atoms with Crippen LogP contribution in [0.25, 0.3) is 0 Å². The number of hydrogen-bond donors (Lipinski definition) is 0. The van der Waals surface area contributed by atoms with Gasteiger partial charge in [0.2, 0.25) is 0 Å². The average molecular weight is 696 g/mol. The Hall–Kier alpha value is -1.18. The first-order chi connectivity index (χ1) is 23.9. The molecule has 0 aromatic heterocycles. The van der Waals surface area contributed by atoms with Gasteiger partial charge in [0.1, 0.15) is 6.10 Å². The van der Waals surface area contributed by atoms with E-state index in [-0.39, 0.29) is 30.4 Å². The van der Waals surface area contributed by atoms with E-state index in [0.717, 1.165) is 90.0 Å². The lowest BCUT2D eigenvalue weighted by atomic mass is 9.94. The van der Waals surface area contributed by atoms with Crippen molar-refractivity contribution in [3.05, 3.63) is 0 Å². The molecule has 1 aliphatic heterocycles. The van der Waals surface area contributed by atoms with Crippen molar-refractivity contribution in [2.45, 2.75) is 207 Å². The Bertz CT molecular complexity index is 776. The fourth-order valence-corrected chi connectivity index (χ4v) is 6.94. The van der Waals surface area contributed by atoms with E-state index in [9.17, 15) is 9.59 Å². The van der Waals surface area contributed by atoms with Gasteiger partial charge < -0.3 is 23.8 Å². The van der Waals surface area contributed by atoms with Gasteiger partial charge in [0.05, 0.1) is 25.0 Å². The summed E-state index contributed by atoms with van der Waals surface area (Å²) in [6.07, 6.45) is 26.3. The molecular formula is C42H81NO6. The van der Waals surface area contributed by atoms with Crippen molar-refractivity contribution in [3.63, 3.8) is 0 Å². The zero-order chi connectivity index (χ0) is 36.0. The monoisotopic (exact) mass is 696 g/mol. The lowest BCUT2D eigenvalue weighted by Gasteiger charge is -2.27. The summed E-state index contributed by atoms with van der Waals surface area (Å²) in [5.74, 6) is -0.529. The van der Waals surface area contributed by atoms with Crippen LogP contribution in [0.4, 0.5) is 0 Å². The fourth-order valence-electron chi connectivity index (χ4n) is 6.94. The molecule has 7 heteroatoms. The van der Waals surface area contributed by atoms with Crippen LogP contribution in [0, 0.1) is 11.8 Å². The molecule has 1 aliphatic rings. The normalized spacial score (nSPS) is 19.0. The van der Waals surface area contributed by atoms with Gasteiger partial charge >= 0.3 is 11.9 Å². The molecule has 0 aromatic carbocycles. The van der Waals surface area contributed by atoms with Crippen LogP contribution < -0.4 is 0 Å². The van der Waals surface area contributed by atoms with Crippen LogP contribution >= 0.6 is 0 Å². The Labute approximate surface area is 303 Å². The molecule has 5 atom stereocenters. The van der Waals surface area contributed by atoms with Gasteiger partial charge in [0.15, 0.2) is 12.2 Å². The van der Waals surface area contributed by atoms with Crippen LogP contribution in [-0.4, -0.2) is 75.6 Å². The summed E-state index contributed by atoms with van der Waals surface area (Å²) in [5.41, 5.74) is 0. The Morgan fingerprint density at radius 3 is 1.45 bits per heavy atom. The van der Waals surface area contributed by atoms with Gasteiger partial charge in [-0.1, -0.05) is 156 Å². The summed E-state index contributed by atoms with van der Waals surface area (Å²) in [6.45, 7) is 11.0. The lowest BCUT2D eigenvalue weighted by molar-refractivity contribution is -0.172. The minimum absolute atomic E-state index is 0.111. The maximum absolute atomic E-state index is 13.9. The van der Waals surface area contributed by atoms with Crippen LogP contribution in [0.15, 0.2) is 0 Å². The minimum Gasteiger partial charge on any atom is -0.456 e. The van der Waals surface area contributed by atoms with E-state index in [1.807, 2.05) is 0 Å². The molecule has 0 amide bonds. The average Bonchev–Trinajstić information content (AvgIpc) is 3.45. The maximum atomic E-state index is 13.9. The van der Waals surface area contributed by atoms with E-state index in [1.165, 1.54) is 77.0 Å². The third kappa shape index (κ3) is 23.1. The maximum Gasteiger partial charge on any atom is 0.309 e. The Morgan fingerprint density at radius 2 is 1.00 bits per heavy atom. The first-order valence-electron chi connectivity index (χ1n) is 21.1. The molecule has 1 rings (SSSR count). The highest BCUT2D eigenvalue weighted by Crippen LogP contribution is 2.28. The van der Waals surface area contributed by atoms with Crippen molar-refractivity contribution in [2.75, 3.05) is 40.5 Å². The van der Waals surface area contributed by atoms with Crippen molar-refractivity contribution >= 4 is 11.9 Å². The number of esters is 2. The first kappa shape index (κ1) is 45.8. The predicted octanol–water partition coefficient (Wildman–Crippen LogP) is 10.9. The summed E-state index contributed by atoms with van der Waals surface area (Å²) in [4.78, 5) is 29.8. The van der Waals surface area contributed by atoms with Crippen molar-refractivity contribution in [1.82, 2.24) is 4.90 Å². The van der Waals surface area contributed by atoms with E-state index in [2.05, 4.69) is 46.7 Å².